The Labute approximate surface area is 120 Å². The van der Waals surface area contributed by atoms with E-state index in [1.54, 1.807) is 6.07 Å². The zero-order valence-corrected chi connectivity index (χ0v) is 11.4. The summed E-state index contributed by atoms with van der Waals surface area (Å²) in [6.45, 7) is 1.55. The zero-order valence-electron chi connectivity index (χ0n) is 11.4. The van der Waals surface area contributed by atoms with Gasteiger partial charge in [-0.25, -0.2) is 4.79 Å². The molecule has 1 fully saturated rings. The molecule has 1 aromatic carbocycles. The van der Waals surface area contributed by atoms with E-state index < -0.39 is 17.8 Å². The second kappa shape index (κ2) is 6.34. The molecule has 0 saturated carbocycles. The van der Waals surface area contributed by atoms with Crippen LogP contribution in [0.2, 0.25) is 0 Å². The number of halogens is 3. The molecule has 1 aliphatic heterocycles. The molecule has 116 valence electrons. The summed E-state index contributed by atoms with van der Waals surface area (Å²) in [5.41, 5.74) is -0.422. The van der Waals surface area contributed by atoms with Crippen LogP contribution in [0.1, 0.15) is 17.5 Å². The van der Waals surface area contributed by atoms with E-state index in [-0.39, 0.29) is 18.0 Å². The molecule has 0 aliphatic carbocycles. The van der Waals surface area contributed by atoms with Gasteiger partial charge in [-0.15, -0.1) is 0 Å². The summed E-state index contributed by atoms with van der Waals surface area (Å²) in [5, 5.41) is 11.8. The number of rotatable bonds is 4. The van der Waals surface area contributed by atoms with Gasteiger partial charge in [0, 0.05) is 26.2 Å². The highest BCUT2D eigenvalue weighted by molar-refractivity contribution is 5.65. The Balaban J connectivity index is 1.86. The van der Waals surface area contributed by atoms with Crippen LogP contribution >= 0.6 is 0 Å². The van der Waals surface area contributed by atoms with Crippen LogP contribution in [0.4, 0.5) is 18.0 Å². The Morgan fingerprint density at radius 3 is 2.71 bits per heavy atom. The number of carbonyl (C=O) groups is 1. The van der Waals surface area contributed by atoms with Gasteiger partial charge in [-0.1, -0.05) is 18.2 Å². The highest BCUT2D eigenvalue weighted by Crippen LogP contribution is 2.31. The summed E-state index contributed by atoms with van der Waals surface area (Å²) in [7, 11) is 0. The van der Waals surface area contributed by atoms with Crippen molar-refractivity contribution in [2.24, 2.45) is 5.92 Å². The number of benzene rings is 1. The monoisotopic (exact) mass is 302 g/mol. The van der Waals surface area contributed by atoms with Gasteiger partial charge in [0.1, 0.15) is 0 Å². The van der Waals surface area contributed by atoms with E-state index in [2.05, 4.69) is 5.32 Å². The molecule has 7 heteroatoms. The summed E-state index contributed by atoms with van der Waals surface area (Å²) in [6.07, 6.45) is -4.56. The first kappa shape index (κ1) is 15.6. The Morgan fingerprint density at radius 1 is 1.38 bits per heavy atom. The van der Waals surface area contributed by atoms with Crippen molar-refractivity contribution in [1.82, 2.24) is 10.2 Å². The molecule has 4 nitrogen and oxygen atoms in total. The fourth-order valence-electron chi connectivity index (χ4n) is 2.53. The number of likely N-dealkylation sites (tertiary alicyclic amines) is 1. The minimum Gasteiger partial charge on any atom is -0.465 e. The fraction of sp³-hybridized carbons (Fsp3) is 0.500. The van der Waals surface area contributed by atoms with Crippen LogP contribution in [0, 0.1) is 5.92 Å². The minimum absolute atomic E-state index is 0.124. The topological polar surface area (TPSA) is 52.6 Å². The van der Waals surface area contributed by atoms with Crippen molar-refractivity contribution in [3.63, 3.8) is 0 Å². The molecule has 21 heavy (non-hydrogen) atoms. The van der Waals surface area contributed by atoms with Crippen molar-refractivity contribution in [2.45, 2.75) is 19.1 Å². The molecule has 1 unspecified atom stereocenters. The lowest BCUT2D eigenvalue weighted by molar-refractivity contribution is -0.138. The van der Waals surface area contributed by atoms with E-state index in [0.717, 1.165) is 12.5 Å². The predicted octanol–water partition coefficient (Wildman–Crippen LogP) is 2.79. The molecular weight excluding hydrogens is 285 g/mol. The van der Waals surface area contributed by atoms with Crippen LogP contribution in [-0.2, 0) is 12.7 Å². The summed E-state index contributed by atoms with van der Waals surface area (Å²) in [6, 6.07) is 5.47. The van der Waals surface area contributed by atoms with Crippen molar-refractivity contribution in [2.75, 3.05) is 19.6 Å². The van der Waals surface area contributed by atoms with Crippen LogP contribution in [0.5, 0.6) is 0 Å². The molecule has 0 bridgehead atoms. The largest absolute Gasteiger partial charge is 0.465 e. The molecule has 0 spiro atoms. The average molecular weight is 302 g/mol. The molecule has 1 aliphatic rings. The number of nitrogens with zero attached hydrogens (tertiary/aromatic N) is 1. The van der Waals surface area contributed by atoms with Crippen molar-refractivity contribution in [1.29, 1.82) is 0 Å². The van der Waals surface area contributed by atoms with Gasteiger partial charge < -0.3 is 15.3 Å². The van der Waals surface area contributed by atoms with Crippen molar-refractivity contribution in [3.05, 3.63) is 35.4 Å². The average Bonchev–Trinajstić information content (AvgIpc) is 2.87. The lowest BCUT2D eigenvalue weighted by atomic mass is 10.1. The number of carboxylic acid groups (broad SMARTS) is 1. The molecule has 1 atom stereocenters. The minimum atomic E-state index is -4.36. The Hall–Kier alpha value is -1.76. The lowest BCUT2D eigenvalue weighted by Crippen LogP contribution is -2.29. The van der Waals surface area contributed by atoms with Gasteiger partial charge in [0.25, 0.3) is 0 Å². The number of nitrogens with one attached hydrogen (secondary N) is 1. The van der Waals surface area contributed by atoms with E-state index in [9.17, 15) is 18.0 Å². The lowest BCUT2D eigenvalue weighted by Gasteiger charge is -2.15. The second-order valence-corrected chi connectivity index (χ2v) is 5.17. The van der Waals surface area contributed by atoms with Crippen LogP contribution in [-0.4, -0.2) is 35.7 Å². The first-order chi connectivity index (χ1) is 9.88. The second-order valence-electron chi connectivity index (χ2n) is 5.17. The maximum Gasteiger partial charge on any atom is 0.416 e. The van der Waals surface area contributed by atoms with Crippen LogP contribution in [0.25, 0.3) is 0 Å². The molecule has 1 amide bonds. The molecule has 1 heterocycles. The Bertz CT molecular complexity index is 505. The third-order valence-electron chi connectivity index (χ3n) is 3.63. The maximum absolute atomic E-state index is 12.8. The van der Waals surface area contributed by atoms with Crippen LogP contribution < -0.4 is 5.32 Å². The number of hydrogen-bond acceptors (Lipinski definition) is 2. The molecule has 0 aromatic heterocycles. The standard InChI is InChI=1S/C14H17F3N2O2/c15-14(16,17)12-4-2-1-3-11(12)8-18-7-10-5-6-19(9-10)13(20)21/h1-4,10,18H,5-9H2,(H,20,21). The highest BCUT2D eigenvalue weighted by Gasteiger charge is 2.32. The fourth-order valence-corrected chi connectivity index (χ4v) is 2.53. The maximum atomic E-state index is 12.8. The summed E-state index contributed by atoms with van der Waals surface area (Å²) < 4.78 is 38.5. The normalized spacial score (nSPS) is 19.0. The van der Waals surface area contributed by atoms with Gasteiger partial charge in [0.15, 0.2) is 0 Å². The van der Waals surface area contributed by atoms with Gasteiger partial charge in [-0.05, 0) is 24.0 Å². The number of alkyl halides is 3. The molecular formula is C14H17F3N2O2. The van der Waals surface area contributed by atoms with Crippen molar-refractivity contribution >= 4 is 6.09 Å². The summed E-state index contributed by atoms with van der Waals surface area (Å²) >= 11 is 0. The van der Waals surface area contributed by atoms with Gasteiger partial charge in [0.05, 0.1) is 5.56 Å². The SMILES string of the molecule is O=C(O)N1CCC(CNCc2ccccc2C(F)(F)F)C1. The van der Waals surface area contributed by atoms with Crippen LogP contribution in [0.3, 0.4) is 0 Å². The number of hydrogen-bond donors (Lipinski definition) is 2. The van der Waals surface area contributed by atoms with Gasteiger partial charge >= 0.3 is 12.3 Å². The quantitative estimate of drug-likeness (QED) is 0.899. The molecule has 1 aromatic rings. The zero-order chi connectivity index (χ0) is 15.5. The smallest absolute Gasteiger partial charge is 0.416 e. The molecule has 2 rings (SSSR count). The number of amides is 1. The van der Waals surface area contributed by atoms with E-state index >= 15 is 0 Å². The van der Waals surface area contributed by atoms with E-state index in [0.29, 0.717) is 19.6 Å². The molecule has 0 radical (unpaired) electrons. The highest BCUT2D eigenvalue weighted by atomic mass is 19.4. The Kier molecular flexibility index (Phi) is 4.72. The third-order valence-corrected chi connectivity index (χ3v) is 3.63. The van der Waals surface area contributed by atoms with Gasteiger partial charge in [0.2, 0.25) is 0 Å². The van der Waals surface area contributed by atoms with E-state index in [1.807, 2.05) is 0 Å². The summed E-state index contributed by atoms with van der Waals surface area (Å²) in [4.78, 5) is 12.1. The van der Waals surface area contributed by atoms with Crippen molar-refractivity contribution < 1.29 is 23.1 Å². The van der Waals surface area contributed by atoms with Gasteiger partial charge in [-0.2, -0.15) is 13.2 Å². The van der Waals surface area contributed by atoms with Crippen LogP contribution in [0.15, 0.2) is 24.3 Å². The Morgan fingerprint density at radius 2 is 2.10 bits per heavy atom. The molecule has 2 N–H and O–H groups in total. The van der Waals surface area contributed by atoms with Gasteiger partial charge in [-0.3, -0.25) is 0 Å². The third kappa shape index (κ3) is 4.10. The van der Waals surface area contributed by atoms with E-state index in [1.165, 1.54) is 17.0 Å². The summed E-state index contributed by atoms with van der Waals surface area (Å²) in [5.74, 6) is 0.152. The van der Waals surface area contributed by atoms with Crippen molar-refractivity contribution in [3.8, 4) is 0 Å². The first-order valence-corrected chi connectivity index (χ1v) is 6.71. The van der Waals surface area contributed by atoms with E-state index in [4.69, 9.17) is 5.11 Å². The predicted molar refractivity (Wildman–Crippen MR) is 70.9 cm³/mol. The first-order valence-electron chi connectivity index (χ1n) is 6.71. The molecule has 1 saturated heterocycles.